The Hall–Kier alpha value is -3.90. The van der Waals surface area contributed by atoms with E-state index in [-0.39, 0.29) is 28.7 Å². The average molecular weight is 522 g/mol. The number of tetrazole rings is 1. The number of carbonyl (C=O) groups is 1. The van der Waals surface area contributed by atoms with Gasteiger partial charge in [-0.1, -0.05) is 11.3 Å². The van der Waals surface area contributed by atoms with Gasteiger partial charge in [-0.25, -0.2) is 12.7 Å². The molecule has 0 spiro atoms. The summed E-state index contributed by atoms with van der Waals surface area (Å²) in [5, 5.41) is 15.3. The van der Waals surface area contributed by atoms with Crippen molar-refractivity contribution in [1.82, 2.24) is 29.9 Å². The molecule has 1 saturated heterocycles. The first-order valence-electron chi connectivity index (χ1n) is 11.9. The number of rotatable bonds is 7. The fourth-order valence-corrected chi connectivity index (χ4v) is 5.78. The van der Waals surface area contributed by atoms with Crippen LogP contribution < -0.4 is 10.5 Å². The summed E-state index contributed by atoms with van der Waals surface area (Å²) in [5.74, 6) is 0.311. The fourth-order valence-electron chi connectivity index (χ4n) is 4.85. The van der Waals surface area contributed by atoms with E-state index in [1.54, 1.807) is 18.2 Å². The standard InChI is InChI=1S/C25H27N7O4S/c1-15-11-24(34)26-20-8-6-16(12-18(15)20)13-23(33)19-14-17(37(35,36)31(2)3)7-9-21(19)32-10-4-5-22(32)25-27-29-30-28-25/h6-9,11-12,14,22H,4-5,10,13H2,1-3H3,(H,26,34)(H,27,28,29,30). The normalized spacial score (nSPS) is 16.1. The summed E-state index contributed by atoms with van der Waals surface area (Å²) in [4.78, 5) is 30.5. The fraction of sp³-hybridized carbons (Fsp3) is 0.320. The second kappa shape index (κ2) is 9.52. The molecule has 0 saturated carbocycles. The molecule has 1 fully saturated rings. The van der Waals surface area contributed by atoms with Crippen molar-refractivity contribution in [3.63, 3.8) is 0 Å². The van der Waals surface area contributed by atoms with E-state index in [4.69, 9.17) is 0 Å². The molecule has 0 aliphatic carbocycles. The van der Waals surface area contributed by atoms with Gasteiger partial charge in [0, 0.05) is 55.3 Å². The number of fused-ring (bicyclic) bond motifs is 1. The van der Waals surface area contributed by atoms with Crippen LogP contribution in [-0.4, -0.2) is 64.8 Å². The molecule has 2 N–H and O–H groups in total. The molecule has 37 heavy (non-hydrogen) atoms. The Kier molecular flexibility index (Phi) is 6.38. The van der Waals surface area contributed by atoms with Crippen molar-refractivity contribution in [2.24, 2.45) is 0 Å². The Morgan fingerprint density at radius 3 is 2.70 bits per heavy atom. The zero-order valence-corrected chi connectivity index (χ0v) is 21.5. The summed E-state index contributed by atoms with van der Waals surface area (Å²) in [6.07, 6.45) is 1.72. The van der Waals surface area contributed by atoms with Crippen LogP contribution in [0.4, 0.5) is 5.69 Å². The number of aromatic amines is 2. The SMILES string of the molecule is Cc1cc(=O)[nH]c2ccc(CC(=O)c3cc(S(=O)(=O)N(C)C)ccc3N3CCCC3c3nn[nH]n3)cc12. The lowest BCUT2D eigenvalue weighted by Gasteiger charge is -2.27. The number of benzene rings is 2. The summed E-state index contributed by atoms with van der Waals surface area (Å²) in [6.45, 7) is 2.52. The molecule has 1 atom stereocenters. The number of hydrogen-bond acceptors (Lipinski definition) is 8. The Bertz CT molecular complexity index is 1650. The predicted molar refractivity (Wildman–Crippen MR) is 138 cm³/mol. The number of sulfonamides is 1. The topological polar surface area (TPSA) is 145 Å². The highest BCUT2D eigenvalue weighted by Gasteiger charge is 2.32. The minimum atomic E-state index is -3.75. The molecule has 1 aliphatic heterocycles. The first kappa shape index (κ1) is 24.8. The van der Waals surface area contributed by atoms with E-state index in [1.807, 2.05) is 17.9 Å². The molecule has 1 unspecified atom stereocenters. The summed E-state index contributed by atoms with van der Waals surface area (Å²) < 4.78 is 26.9. The molecule has 11 nitrogen and oxygen atoms in total. The average Bonchev–Trinajstić information content (AvgIpc) is 3.56. The quantitative estimate of drug-likeness (QED) is 0.353. The van der Waals surface area contributed by atoms with Gasteiger partial charge in [-0.15, -0.1) is 10.2 Å². The number of pyridine rings is 1. The highest BCUT2D eigenvalue weighted by Crippen LogP contribution is 2.37. The lowest BCUT2D eigenvalue weighted by Crippen LogP contribution is -2.27. The van der Waals surface area contributed by atoms with Gasteiger partial charge >= 0.3 is 0 Å². The van der Waals surface area contributed by atoms with E-state index >= 15 is 0 Å². The smallest absolute Gasteiger partial charge is 0.248 e. The Balaban J connectivity index is 1.57. The van der Waals surface area contributed by atoms with E-state index in [2.05, 4.69) is 25.6 Å². The Morgan fingerprint density at radius 1 is 1.16 bits per heavy atom. The van der Waals surface area contributed by atoms with E-state index in [9.17, 15) is 18.0 Å². The zero-order chi connectivity index (χ0) is 26.3. The van der Waals surface area contributed by atoms with Crippen LogP contribution in [0.2, 0.25) is 0 Å². The maximum atomic E-state index is 13.8. The van der Waals surface area contributed by atoms with Crippen LogP contribution in [-0.2, 0) is 16.4 Å². The van der Waals surface area contributed by atoms with Crippen molar-refractivity contribution in [3.8, 4) is 0 Å². The number of nitrogens with zero attached hydrogens (tertiary/aromatic N) is 5. The third-order valence-corrected chi connectivity index (χ3v) is 8.56. The molecule has 192 valence electrons. The van der Waals surface area contributed by atoms with Gasteiger partial charge in [0.2, 0.25) is 15.6 Å². The predicted octanol–water partition coefficient (Wildman–Crippen LogP) is 2.37. The van der Waals surface area contributed by atoms with Crippen LogP contribution in [0.15, 0.2) is 52.2 Å². The van der Waals surface area contributed by atoms with Crippen molar-refractivity contribution in [2.75, 3.05) is 25.5 Å². The molecule has 2 aromatic carbocycles. The number of ketones is 1. The van der Waals surface area contributed by atoms with Crippen LogP contribution in [0.3, 0.4) is 0 Å². The van der Waals surface area contributed by atoms with Crippen molar-refractivity contribution in [1.29, 1.82) is 0 Å². The van der Waals surface area contributed by atoms with Crippen molar-refractivity contribution >= 4 is 32.4 Å². The van der Waals surface area contributed by atoms with E-state index in [1.165, 1.54) is 32.3 Å². The molecular formula is C25H27N7O4S. The third kappa shape index (κ3) is 4.65. The largest absolute Gasteiger partial charge is 0.361 e. The molecule has 0 amide bonds. The minimum absolute atomic E-state index is 0.0480. The van der Waals surface area contributed by atoms with Gasteiger partial charge in [0.25, 0.3) is 0 Å². The van der Waals surface area contributed by atoms with Crippen molar-refractivity contribution in [2.45, 2.75) is 37.1 Å². The lowest BCUT2D eigenvalue weighted by atomic mass is 9.98. The maximum Gasteiger partial charge on any atom is 0.248 e. The van der Waals surface area contributed by atoms with Gasteiger partial charge in [-0.2, -0.15) is 5.21 Å². The van der Waals surface area contributed by atoms with Gasteiger partial charge in [0.15, 0.2) is 11.6 Å². The van der Waals surface area contributed by atoms with E-state index in [0.29, 0.717) is 29.1 Å². The first-order valence-corrected chi connectivity index (χ1v) is 13.3. The molecule has 4 aromatic rings. The van der Waals surface area contributed by atoms with Crippen molar-refractivity contribution in [3.05, 3.63) is 75.3 Å². The molecule has 0 radical (unpaired) electrons. The lowest BCUT2D eigenvalue weighted by molar-refractivity contribution is 0.0993. The van der Waals surface area contributed by atoms with Crippen LogP contribution in [0.1, 0.15) is 46.2 Å². The second-order valence-electron chi connectivity index (χ2n) is 9.38. The monoisotopic (exact) mass is 521 g/mol. The zero-order valence-electron chi connectivity index (χ0n) is 20.7. The first-order chi connectivity index (χ1) is 17.6. The van der Waals surface area contributed by atoms with E-state index in [0.717, 1.165) is 33.7 Å². The highest BCUT2D eigenvalue weighted by molar-refractivity contribution is 7.89. The number of aromatic nitrogens is 5. The van der Waals surface area contributed by atoms with Crippen LogP contribution in [0, 0.1) is 6.92 Å². The molecular weight excluding hydrogens is 494 g/mol. The summed E-state index contributed by atoms with van der Waals surface area (Å²) in [6, 6.07) is 11.5. The van der Waals surface area contributed by atoms with Crippen LogP contribution >= 0.6 is 0 Å². The van der Waals surface area contributed by atoms with Crippen LogP contribution in [0.25, 0.3) is 10.9 Å². The Labute approximate surface area is 213 Å². The highest BCUT2D eigenvalue weighted by atomic mass is 32.2. The number of hydrogen-bond donors (Lipinski definition) is 2. The van der Waals surface area contributed by atoms with Gasteiger partial charge in [0.05, 0.1) is 10.9 Å². The van der Waals surface area contributed by atoms with Gasteiger partial charge in [-0.05, 0) is 61.2 Å². The number of nitrogens with one attached hydrogen (secondary N) is 2. The Morgan fingerprint density at radius 2 is 1.97 bits per heavy atom. The molecule has 0 bridgehead atoms. The number of Topliss-reactive ketones (excluding diaryl/α,β-unsaturated/α-hetero) is 1. The number of carbonyl (C=O) groups excluding carboxylic acids is 1. The molecule has 12 heteroatoms. The van der Waals surface area contributed by atoms with E-state index < -0.39 is 10.0 Å². The number of aryl methyl sites for hydroxylation is 1. The summed E-state index contributed by atoms with van der Waals surface area (Å²) in [7, 11) is -0.837. The summed E-state index contributed by atoms with van der Waals surface area (Å²) >= 11 is 0. The number of H-pyrrole nitrogens is 2. The molecule has 1 aliphatic rings. The molecule has 5 rings (SSSR count). The van der Waals surface area contributed by atoms with Gasteiger partial charge < -0.3 is 9.88 Å². The van der Waals surface area contributed by atoms with Crippen LogP contribution in [0.5, 0.6) is 0 Å². The maximum absolute atomic E-state index is 13.8. The summed E-state index contributed by atoms with van der Waals surface area (Å²) in [5.41, 5.74) is 3.04. The molecule has 3 heterocycles. The minimum Gasteiger partial charge on any atom is -0.361 e. The van der Waals surface area contributed by atoms with Gasteiger partial charge in [0.1, 0.15) is 0 Å². The van der Waals surface area contributed by atoms with Gasteiger partial charge in [-0.3, -0.25) is 9.59 Å². The van der Waals surface area contributed by atoms with Crippen molar-refractivity contribution < 1.29 is 13.2 Å². The third-order valence-electron chi connectivity index (χ3n) is 6.75. The second-order valence-corrected chi connectivity index (χ2v) is 11.5. The number of anilines is 1. The molecule has 2 aromatic heterocycles.